The summed E-state index contributed by atoms with van der Waals surface area (Å²) < 4.78 is 0.331. The highest BCUT2D eigenvalue weighted by atomic mass is 32.2. The molecule has 136 valence electrons. The molecule has 0 amide bonds. The van der Waals surface area contributed by atoms with Gasteiger partial charge in [0.1, 0.15) is 5.69 Å². The molecule has 0 spiro atoms. The third-order valence-electron chi connectivity index (χ3n) is 4.83. The number of nitro groups is 1. The number of hydrogen-bond donors (Lipinski definition) is 0. The lowest BCUT2D eigenvalue weighted by molar-refractivity contribution is -0.384. The van der Waals surface area contributed by atoms with Gasteiger partial charge in [-0.3, -0.25) is 10.1 Å². The van der Waals surface area contributed by atoms with Crippen molar-refractivity contribution < 1.29 is 4.92 Å². The van der Waals surface area contributed by atoms with Crippen molar-refractivity contribution in [2.75, 3.05) is 47.5 Å². The van der Waals surface area contributed by atoms with Gasteiger partial charge < -0.3 is 9.80 Å². The molecule has 2 aromatic carbocycles. The number of piperazine rings is 1. The van der Waals surface area contributed by atoms with Crippen LogP contribution < -0.4 is 9.80 Å². The summed E-state index contributed by atoms with van der Waals surface area (Å²) >= 11 is 3.75. The van der Waals surface area contributed by atoms with E-state index >= 15 is 0 Å². The van der Waals surface area contributed by atoms with E-state index in [0.29, 0.717) is 4.58 Å². The van der Waals surface area contributed by atoms with E-state index in [1.54, 1.807) is 6.07 Å². The van der Waals surface area contributed by atoms with Crippen LogP contribution in [0.15, 0.2) is 48.5 Å². The summed E-state index contributed by atoms with van der Waals surface area (Å²) in [7, 11) is 0. The van der Waals surface area contributed by atoms with Crippen LogP contribution in [0.2, 0.25) is 0 Å². The molecule has 0 atom stereocenters. The predicted octanol–water partition coefficient (Wildman–Crippen LogP) is 4.40. The number of rotatable bonds is 4. The summed E-state index contributed by atoms with van der Waals surface area (Å²) in [5, 5.41) is 11.7. The average molecular weight is 388 g/mol. The van der Waals surface area contributed by atoms with Gasteiger partial charge in [-0.2, -0.15) is 0 Å². The van der Waals surface area contributed by atoms with Crippen LogP contribution in [0.5, 0.6) is 0 Å². The molecule has 0 radical (unpaired) electrons. The molecule has 5 nitrogen and oxygen atoms in total. The van der Waals surface area contributed by atoms with Gasteiger partial charge in [-0.25, -0.2) is 0 Å². The van der Waals surface area contributed by atoms with Crippen LogP contribution in [-0.4, -0.2) is 42.6 Å². The van der Waals surface area contributed by atoms with Gasteiger partial charge in [0.15, 0.2) is 0 Å². The van der Waals surface area contributed by atoms with Crippen LogP contribution in [0.1, 0.15) is 10.1 Å². The van der Waals surface area contributed by atoms with Crippen LogP contribution in [-0.2, 0) is 0 Å². The Labute approximate surface area is 161 Å². The molecule has 26 heavy (non-hydrogen) atoms. The quantitative estimate of drug-likeness (QED) is 0.572. The Morgan fingerprint density at radius 3 is 2.23 bits per heavy atom. The minimum atomic E-state index is -0.229. The van der Waals surface area contributed by atoms with E-state index in [-0.39, 0.29) is 10.6 Å². The second kappa shape index (κ2) is 7.80. The Morgan fingerprint density at radius 1 is 0.923 bits per heavy atom. The molecule has 2 aromatic rings. The maximum absolute atomic E-state index is 11.7. The van der Waals surface area contributed by atoms with Crippen molar-refractivity contribution in [1.29, 1.82) is 0 Å². The molecule has 2 saturated heterocycles. The van der Waals surface area contributed by atoms with Crippen molar-refractivity contribution in [1.82, 2.24) is 0 Å². The number of thioether (sulfide) groups is 2. The Balaban J connectivity index is 1.51. The number of anilines is 2. The highest BCUT2D eigenvalue weighted by Gasteiger charge is 2.27. The monoisotopic (exact) mass is 387 g/mol. The Morgan fingerprint density at radius 2 is 1.58 bits per heavy atom. The fraction of sp³-hybridized carbons (Fsp3) is 0.368. The largest absolute Gasteiger partial charge is 0.368 e. The lowest BCUT2D eigenvalue weighted by atomic mass is 10.1. The van der Waals surface area contributed by atoms with E-state index in [2.05, 4.69) is 28.0 Å². The topological polar surface area (TPSA) is 49.6 Å². The van der Waals surface area contributed by atoms with Crippen LogP contribution in [0.4, 0.5) is 17.1 Å². The summed E-state index contributed by atoms with van der Waals surface area (Å²) in [5.74, 6) is 2.23. The number of nitrogens with zero attached hydrogens (tertiary/aromatic N) is 3. The summed E-state index contributed by atoms with van der Waals surface area (Å²) in [6, 6.07) is 16.1. The molecule has 2 heterocycles. The van der Waals surface area contributed by atoms with Crippen LogP contribution in [0, 0.1) is 10.1 Å². The first-order valence-electron chi connectivity index (χ1n) is 8.79. The normalized spacial score (nSPS) is 18.3. The van der Waals surface area contributed by atoms with Crippen molar-refractivity contribution in [3.05, 3.63) is 64.2 Å². The van der Waals surface area contributed by atoms with E-state index < -0.39 is 0 Å². The molecule has 2 aliphatic heterocycles. The summed E-state index contributed by atoms with van der Waals surface area (Å²) in [6.45, 7) is 3.33. The number of hydrogen-bond acceptors (Lipinski definition) is 6. The van der Waals surface area contributed by atoms with Crippen molar-refractivity contribution in [2.45, 2.75) is 4.58 Å². The Kier molecular flexibility index (Phi) is 5.26. The standard InChI is InChI=1S/C19H21N3O2S2/c23-22(24)18-14-15(19-25-12-13-26-19)6-7-17(18)21-10-8-20(9-11-21)16-4-2-1-3-5-16/h1-7,14,19H,8-13H2. The number of para-hydroxylation sites is 1. The van der Waals surface area contributed by atoms with Crippen molar-refractivity contribution >= 4 is 40.6 Å². The third kappa shape index (κ3) is 3.64. The van der Waals surface area contributed by atoms with Gasteiger partial charge in [-0.1, -0.05) is 24.3 Å². The fourth-order valence-electron chi connectivity index (χ4n) is 3.50. The minimum absolute atomic E-state index is 0.229. The number of nitro benzene ring substituents is 1. The second-order valence-corrected chi connectivity index (χ2v) is 9.11. The molecule has 0 bridgehead atoms. The molecule has 2 aliphatic rings. The average Bonchev–Trinajstić information content (AvgIpc) is 3.23. The molecular weight excluding hydrogens is 366 g/mol. The first kappa shape index (κ1) is 17.5. The Bertz CT molecular complexity index is 774. The zero-order chi connectivity index (χ0) is 17.9. The molecule has 0 aromatic heterocycles. The van der Waals surface area contributed by atoms with Gasteiger partial charge in [0.05, 0.1) is 9.51 Å². The molecule has 7 heteroatoms. The van der Waals surface area contributed by atoms with E-state index in [0.717, 1.165) is 48.9 Å². The van der Waals surface area contributed by atoms with E-state index in [1.807, 2.05) is 47.8 Å². The first-order valence-corrected chi connectivity index (χ1v) is 10.9. The zero-order valence-electron chi connectivity index (χ0n) is 14.4. The lowest BCUT2D eigenvalue weighted by Crippen LogP contribution is -2.46. The van der Waals surface area contributed by atoms with Gasteiger partial charge in [0.25, 0.3) is 5.69 Å². The fourth-order valence-corrected chi connectivity index (χ4v) is 6.33. The van der Waals surface area contributed by atoms with Gasteiger partial charge in [0.2, 0.25) is 0 Å². The van der Waals surface area contributed by atoms with Crippen LogP contribution in [0.3, 0.4) is 0 Å². The molecular formula is C19H21N3O2S2. The lowest BCUT2D eigenvalue weighted by Gasteiger charge is -2.37. The molecule has 0 aliphatic carbocycles. The number of benzene rings is 2. The molecule has 2 fully saturated rings. The maximum atomic E-state index is 11.7. The predicted molar refractivity (Wildman–Crippen MR) is 112 cm³/mol. The van der Waals surface area contributed by atoms with Gasteiger partial charge in [-0.15, -0.1) is 23.5 Å². The SMILES string of the molecule is O=[N+]([O-])c1cc(C2SCCS2)ccc1N1CCN(c2ccccc2)CC1. The second-order valence-electron chi connectivity index (χ2n) is 6.39. The van der Waals surface area contributed by atoms with Crippen molar-refractivity contribution in [3.63, 3.8) is 0 Å². The smallest absolute Gasteiger partial charge is 0.292 e. The minimum Gasteiger partial charge on any atom is -0.368 e. The van der Waals surface area contributed by atoms with Crippen molar-refractivity contribution in [3.8, 4) is 0 Å². The molecule has 0 N–H and O–H groups in total. The molecule has 0 unspecified atom stereocenters. The van der Waals surface area contributed by atoms with E-state index in [9.17, 15) is 10.1 Å². The summed E-state index contributed by atoms with van der Waals surface area (Å²) in [6.07, 6.45) is 0. The maximum Gasteiger partial charge on any atom is 0.292 e. The first-order chi connectivity index (χ1) is 12.7. The summed E-state index contributed by atoms with van der Waals surface area (Å²) in [4.78, 5) is 15.9. The van der Waals surface area contributed by atoms with Gasteiger partial charge in [-0.05, 0) is 23.8 Å². The van der Waals surface area contributed by atoms with Crippen LogP contribution in [0.25, 0.3) is 0 Å². The Hall–Kier alpha value is -1.86. The molecule has 0 saturated carbocycles. The third-order valence-corrected chi connectivity index (χ3v) is 7.94. The van der Waals surface area contributed by atoms with Crippen LogP contribution >= 0.6 is 23.5 Å². The van der Waals surface area contributed by atoms with Crippen molar-refractivity contribution in [2.24, 2.45) is 0 Å². The van der Waals surface area contributed by atoms with E-state index in [1.165, 1.54) is 5.69 Å². The van der Waals surface area contributed by atoms with Gasteiger partial charge >= 0.3 is 0 Å². The highest BCUT2D eigenvalue weighted by Crippen LogP contribution is 2.47. The molecule has 4 rings (SSSR count). The zero-order valence-corrected chi connectivity index (χ0v) is 16.0. The summed E-state index contributed by atoms with van der Waals surface area (Å²) in [5.41, 5.74) is 3.27. The van der Waals surface area contributed by atoms with Gasteiger partial charge in [0, 0.05) is 49.4 Å². The van der Waals surface area contributed by atoms with E-state index in [4.69, 9.17) is 0 Å². The highest BCUT2D eigenvalue weighted by molar-refractivity contribution is 8.19.